The van der Waals surface area contributed by atoms with E-state index in [1.165, 1.54) is 25.0 Å². The fraction of sp³-hybridized carbons (Fsp3) is 0.900. The van der Waals surface area contributed by atoms with Crippen molar-refractivity contribution in [3.05, 3.63) is 0 Å². The predicted molar refractivity (Wildman–Crippen MR) is 49.1 cm³/mol. The second-order valence-electron chi connectivity index (χ2n) is 4.91. The summed E-state index contributed by atoms with van der Waals surface area (Å²) in [5.74, 6) is 0.630. The molecule has 0 spiro atoms. The number of hydrogen-bond donors (Lipinski definition) is 0. The maximum Gasteiger partial charge on any atom is 0.135 e. The van der Waals surface area contributed by atoms with Crippen molar-refractivity contribution in [2.24, 2.45) is 16.5 Å². The zero-order valence-electron chi connectivity index (χ0n) is 8.13. The Kier molecular flexibility index (Phi) is 1.67. The maximum atomic E-state index is 5.40. The molecule has 2 heteroatoms. The summed E-state index contributed by atoms with van der Waals surface area (Å²) in [5, 5.41) is 4.21. The molecule has 0 amide bonds. The molecule has 0 bridgehead atoms. The number of nitrogens with zero attached hydrogens (tertiary/aromatic N) is 1. The molecule has 1 aliphatic heterocycles. The average Bonchev–Trinajstić information content (AvgIpc) is 2.37. The van der Waals surface area contributed by atoms with Crippen LogP contribution in [0.3, 0.4) is 0 Å². The van der Waals surface area contributed by atoms with Gasteiger partial charge in [0.2, 0.25) is 0 Å². The largest absolute Gasteiger partial charge is 0.392 e. The van der Waals surface area contributed by atoms with Gasteiger partial charge in [-0.1, -0.05) is 25.9 Å². The van der Waals surface area contributed by atoms with Crippen LogP contribution >= 0.6 is 0 Å². The lowest BCUT2D eigenvalue weighted by molar-refractivity contribution is 0.0746. The Balaban J connectivity index is 2.18. The van der Waals surface area contributed by atoms with Crippen molar-refractivity contribution < 1.29 is 4.84 Å². The highest BCUT2D eigenvalue weighted by Crippen LogP contribution is 2.39. The summed E-state index contributed by atoms with van der Waals surface area (Å²) in [6.45, 7) is 6.65. The van der Waals surface area contributed by atoms with Gasteiger partial charge in [0.05, 0.1) is 5.71 Å². The van der Waals surface area contributed by atoms with E-state index in [0.29, 0.717) is 12.0 Å². The Morgan fingerprint density at radius 1 is 1.33 bits per heavy atom. The third kappa shape index (κ3) is 1.13. The molecule has 1 aliphatic carbocycles. The van der Waals surface area contributed by atoms with Crippen LogP contribution in [0.2, 0.25) is 0 Å². The summed E-state index contributed by atoms with van der Waals surface area (Å²) in [6, 6.07) is 0. The lowest BCUT2D eigenvalue weighted by Gasteiger charge is -2.21. The summed E-state index contributed by atoms with van der Waals surface area (Å²) in [6.07, 6.45) is 4.21. The van der Waals surface area contributed by atoms with Crippen molar-refractivity contribution >= 4 is 5.71 Å². The van der Waals surface area contributed by atoms with Crippen LogP contribution in [0.15, 0.2) is 5.16 Å². The Labute approximate surface area is 74.0 Å². The van der Waals surface area contributed by atoms with Crippen LogP contribution in [0.25, 0.3) is 0 Å². The minimum Gasteiger partial charge on any atom is -0.392 e. The van der Waals surface area contributed by atoms with Crippen LogP contribution < -0.4 is 0 Å². The van der Waals surface area contributed by atoms with Crippen LogP contribution in [0, 0.1) is 11.3 Å². The molecule has 1 fully saturated rings. The molecule has 0 N–H and O–H groups in total. The van der Waals surface area contributed by atoms with Crippen molar-refractivity contribution in [3.8, 4) is 0 Å². The Hall–Kier alpha value is -0.530. The van der Waals surface area contributed by atoms with Crippen molar-refractivity contribution in [1.29, 1.82) is 0 Å². The minimum absolute atomic E-state index is 0.198. The van der Waals surface area contributed by atoms with Crippen LogP contribution in [0.4, 0.5) is 0 Å². The van der Waals surface area contributed by atoms with E-state index in [2.05, 4.69) is 25.9 Å². The highest BCUT2D eigenvalue weighted by atomic mass is 16.6. The first-order chi connectivity index (χ1) is 5.59. The third-order valence-electron chi connectivity index (χ3n) is 2.86. The van der Waals surface area contributed by atoms with Crippen molar-refractivity contribution in [2.45, 2.75) is 46.1 Å². The van der Waals surface area contributed by atoms with Crippen LogP contribution in [0.1, 0.15) is 40.0 Å². The van der Waals surface area contributed by atoms with E-state index in [1.54, 1.807) is 0 Å². The second-order valence-corrected chi connectivity index (χ2v) is 4.91. The quantitative estimate of drug-likeness (QED) is 0.543. The van der Waals surface area contributed by atoms with Gasteiger partial charge in [-0.25, -0.2) is 0 Å². The zero-order valence-corrected chi connectivity index (χ0v) is 8.13. The monoisotopic (exact) mass is 167 g/mol. The van der Waals surface area contributed by atoms with Gasteiger partial charge in [-0.05, 0) is 19.3 Å². The van der Waals surface area contributed by atoms with Gasteiger partial charge in [0.15, 0.2) is 0 Å². The van der Waals surface area contributed by atoms with Crippen LogP contribution in [-0.2, 0) is 4.84 Å². The first kappa shape index (κ1) is 8.09. The molecule has 0 aromatic rings. The van der Waals surface area contributed by atoms with Gasteiger partial charge < -0.3 is 4.84 Å². The van der Waals surface area contributed by atoms with E-state index in [1.807, 2.05) is 0 Å². The summed E-state index contributed by atoms with van der Waals surface area (Å²) < 4.78 is 0. The molecule has 12 heavy (non-hydrogen) atoms. The summed E-state index contributed by atoms with van der Waals surface area (Å²) in [4.78, 5) is 5.40. The molecule has 1 heterocycles. The highest BCUT2D eigenvalue weighted by Gasteiger charge is 2.42. The summed E-state index contributed by atoms with van der Waals surface area (Å²) in [5.41, 5.74) is 1.48. The van der Waals surface area contributed by atoms with E-state index in [0.717, 1.165) is 0 Å². The molecule has 2 atom stereocenters. The molecule has 2 rings (SSSR count). The molecule has 0 aromatic heterocycles. The van der Waals surface area contributed by atoms with Crippen LogP contribution in [-0.4, -0.2) is 11.8 Å². The fourth-order valence-corrected chi connectivity index (χ4v) is 2.25. The molecular formula is C10H17NO. The molecule has 1 saturated carbocycles. The maximum absolute atomic E-state index is 5.40. The van der Waals surface area contributed by atoms with Gasteiger partial charge in [-0.3, -0.25) is 0 Å². The smallest absolute Gasteiger partial charge is 0.135 e. The zero-order chi connectivity index (χ0) is 8.77. The van der Waals surface area contributed by atoms with Gasteiger partial charge in [-0.15, -0.1) is 0 Å². The molecule has 68 valence electrons. The standard InChI is InChI=1S/C10H17NO/c1-10(2,3)9-7-5-4-6-8(7)12-11-9/h7-8H,4-6H2,1-3H3/t7-,8+/m0/s1. The number of hydrogen-bond acceptors (Lipinski definition) is 2. The van der Waals surface area contributed by atoms with Gasteiger partial charge in [-0.2, -0.15) is 0 Å². The minimum atomic E-state index is 0.198. The van der Waals surface area contributed by atoms with Crippen molar-refractivity contribution in [3.63, 3.8) is 0 Å². The van der Waals surface area contributed by atoms with E-state index in [-0.39, 0.29) is 5.41 Å². The summed E-state index contributed by atoms with van der Waals surface area (Å²) in [7, 11) is 0. The normalized spacial score (nSPS) is 34.4. The SMILES string of the molecule is CC(C)(C)C1=NO[C@@H]2CCC[C@H]12. The Bertz CT molecular complexity index is 214. The van der Waals surface area contributed by atoms with Crippen molar-refractivity contribution in [1.82, 2.24) is 0 Å². The Morgan fingerprint density at radius 3 is 2.75 bits per heavy atom. The molecule has 2 aliphatic rings. The molecule has 0 unspecified atom stereocenters. The fourth-order valence-electron chi connectivity index (χ4n) is 2.25. The number of oxime groups is 1. The second kappa shape index (κ2) is 2.48. The Morgan fingerprint density at radius 2 is 2.08 bits per heavy atom. The van der Waals surface area contributed by atoms with E-state index >= 15 is 0 Å². The number of fused-ring (bicyclic) bond motifs is 1. The van der Waals surface area contributed by atoms with E-state index in [9.17, 15) is 0 Å². The highest BCUT2D eigenvalue weighted by molar-refractivity contribution is 5.92. The molecule has 0 aromatic carbocycles. The summed E-state index contributed by atoms with van der Waals surface area (Å²) >= 11 is 0. The van der Waals surface area contributed by atoms with Crippen molar-refractivity contribution in [2.75, 3.05) is 0 Å². The predicted octanol–water partition coefficient (Wildman–Crippen LogP) is 2.59. The van der Waals surface area contributed by atoms with Gasteiger partial charge in [0.25, 0.3) is 0 Å². The van der Waals surface area contributed by atoms with E-state index < -0.39 is 0 Å². The lowest BCUT2D eigenvalue weighted by atomic mass is 9.81. The number of rotatable bonds is 0. The van der Waals surface area contributed by atoms with Gasteiger partial charge >= 0.3 is 0 Å². The lowest BCUT2D eigenvalue weighted by Crippen LogP contribution is -2.28. The molecule has 2 nitrogen and oxygen atoms in total. The molecular weight excluding hydrogens is 150 g/mol. The first-order valence-corrected chi connectivity index (χ1v) is 4.83. The third-order valence-corrected chi connectivity index (χ3v) is 2.86. The molecule has 0 radical (unpaired) electrons. The van der Waals surface area contributed by atoms with E-state index in [4.69, 9.17) is 4.84 Å². The molecule has 0 saturated heterocycles. The van der Waals surface area contributed by atoms with Crippen LogP contribution in [0.5, 0.6) is 0 Å². The first-order valence-electron chi connectivity index (χ1n) is 4.83. The average molecular weight is 167 g/mol. The topological polar surface area (TPSA) is 21.6 Å². The van der Waals surface area contributed by atoms with Gasteiger partial charge in [0, 0.05) is 11.3 Å². The van der Waals surface area contributed by atoms with Gasteiger partial charge in [0.1, 0.15) is 6.10 Å².